The van der Waals surface area contributed by atoms with Gasteiger partial charge in [0.1, 0.15) is 17.6 Å². The number of fused-ring (bicyclic) bond motifs is 1. The number of allylic oxidation sites excluding steroid dienone is 1. The number of hydrogen-bond acceptors (Lipinski definition) is 5. The van der Waals surface area contributed by atoms with Gasteiger partial charge in [0.25, 0.3) is 11.5 Å². The molecule has 0 unspecified atom stereocenters. The van der Waals surface area contributed by atoms with Gasteiger partial charge in [0.15, 0.2) is 5.82 Å². The van der Waals surface area contributed by atoms with Crippen LogP contribution in [-0.2, 0) is 4.79 Å². The van der Waals surface area contributed by atoms with Crippen LogP contribution >= 0.6 is 15.9 Å². The first kappa shape index (κ1) is 21.7. The number of carboxylic acids is 1. The minimum Gasteiger partial charge on any atom is -0.481 e. The van der Waals surface area contributed by atoms with Gasteiger partial charge in [-0.15, -0.1) is 0 Å². The molecule has 0 radical (unpaired) electrons. The third kappa shape index (κ3) is 5.56. The molecule has 4 aromatic rings. The van der Waals surface area contributed by atoms with Crippen LogP contribution in [0.3, 0.4) is 0 Å². The SMILES string of the molecule is CC(=O)O.N#CC(=Cc1ccc(-c2ccc(Br)cc2)o1)c1nc2ccccc2c(=O)[nH]1. The molecule has 0 aliphatic rings. The molecule has 2 aromatic carbocycles. The van der Waals surface area contributed by atoms with Crippen LogP contribution in [0.5, 0.6) is 0 Å². The zero-order chi connectivity index (χ0) is 22.4. The van der Waals surface area contributed by atoms with Crippen molar-refractivity contribution in [3.63, 3.8) is 0 Å². The number of aromatic nitrogens is 2. The van der Waals surface area contributed by atoms with E-state index in [9.17, 15) is 10.1 Å². The molecule has 2 N–H and O–H groups in total. The highest BCUT2D eigenvalue weighted by molar-refractivity contribution is 9.10. The largest absolute Gasteiger partial charge is 0.481 e. The maximum absolute atomic E-state index is 12.2. The number of nitriles is 1. The Bertz CT molecular complexity index is 1360. The average Bonchev–Trinajstić information content (AvgIpc) is 3.21. The van der Waals surface area contributed by atoms with Crippen molar-refractivity contribution in [3.05, 3.63) is 87.1 Å². The van der Waals surface area contributed by atoms with Crippen molar-refractivity contribution in [1.82, 2.24) is 9.97 Å². The van der Waals surface area contributed by atoms with E-state index in [1.807, 2.05) is 30.3 Å². The van der Waals surface area contributed by atoms with Crippen LogP contribution in [0.25, 0.3) is 33.9 Å². The molecule has 0 aliphatic carbocycles. The summed E-state index contributed by atoms with van der Waals surface area (Å²) in [4.78, 5) is 28.3. The van der Waals surface area contributed by atoms with Crippen LogP contribution in [0.2, 0.25) is 0 Å². The van der Waals surface area contributed by atoms with Crippen LogP contribution in [0, 0.1) is 11.3 Å². The van der Waals surface area contributed by atoms with E-state index in [2.05, 4.69) is 32.0 Å². The van der Waals surface area contributed by atoms with Gasteiger partial charge >= 0.3 is 0 Å². The van der Waals surface area contributed by atoms with E-state index in [-0.39, 0.29) is 17.0 Å². The van der Waals surface area contributed by atoms with Crippen molar-refractivity contribution < 1.29 is 14.3 Å². The molecule has 0 bridgehead atoms. The molecule has 154 valence electrons. The number of halogens is 1. The molecule has 31 heavy (non-hydrogen) atoms. The minimum absolute atomic E-state index is 0.211. The van der Waals surface area contributed by atoms with Crippen molar-refractivity contribution >= 4 is 44.5 Å². The second kappa shape index (κ2) is 9.69. The fourth-order valence-electron chi connectivity index (χ4n) is 2.71. The van der Waals surface area contributed by atoms with Gasteiger partial charge in [-0.3, -0.25) is 9.59 Å². The highest BCUT2D eigenvalue weighted by Gasteiger charge is 2.10. The van der Waals surface area contributed by atoms with Crippen LogP contribution in [0.1, 0.15) is 18.5 Å². The molecule has 0 fully saturated rings. The molecule has 2 heterocycles. The maximum Gasteiger partial charge on any atom is 0.300 e. The number of benzene rings is 2. The molecule has 7 nitrogen and oxygen atoms in total. The van der Waals surface area contributed by atoms with E-state index in [1.54, 1.807) is 36.4 Å². The van der Waals surface area contributed by atoms with Crippen LogP contribution in [0.15, 0.2) is 74.3 Å². The molecule has 0 spiro atoms. The lowest BCUT2D eigenvalue weighted by Crippen LogP contribution is -2.11. The van der Waals surface area contributed by atoms with Gasteiger partial charge in [-0.2, -0.15) is 5.26 Å². The smallest absolute Gasteiger partial charge is 0.300 e. The number of H-pyrrole nitrogens is 1. The Kier molecular flexibility index (Phi) is 6.80. The lowest BCUT2D eigenvalue weighted by molar-refractivity contribution is -0.134. The van der Waals surface area contributed by atoms with E-state index < -0.39 is 5.97 Å². The molecule has 2 aromatic heterocycles. The van der Waals surface area contributed by atoms with E-state index in [1.165, 1.54) is 0 Å². The highest BCUT2D eigenvalue weighted by atomic mass is 79.9. The van der Waals surface area contributed by atoms with E-state index in [4.69, 9.17) is 14.3 Å². The van der Waals surface area contributed by atoms with Gasteiger partial charge in [0.05, 0.1) is 16.5 Å². The molecule has 0 atom stereocenters. The maximum atomic E-state index is 12.2. The molecule has 8 heteroatoms. The molecule has 0 saturated carbocycles. The third-order valence-corrected chi connectivity index (χ3v) is 4.56. The number of furan rings is 1. The van der Waals surface area contributed by atoms with Crippen molar-refractivity contribution in [1.29, 1.82) is 5.26 Å². The summed E-state index contributed by atoms with van der Waals surface area (Å²) in [5, 5.41) is 17.4. The van der Waals surface area contributed by atoms with Crippen molar-refractivity contribution in [2.75, 3.05) is 0 Å². The normalized spacial score (nSPS) is 10.8. The Morgan fingerprint density at radius 2 is 1.84 bits per heavy atom. The molecule has 0 saturated heterocycles. The quantitative estimate of drug-likeness (QED) is 0.396. The summed E-state index contributed by atoms with van der Waals surface area (Å²) in [5.41, 5.74) is 1.39. The summed E-state index contributed by atoms with van der Waals surface area (Å²) in [6.45, 7) is 1.08. The summed E-state index contributed by atoms with van der Waals surface area (Å²) in [7, 11) is 0. The van der Waals surface area contributed by atoms with Crippen molar-refractivity contribution in [2.45, 2.75) is 6.92 Å². The summed E-state index contributed by atoms with van der Waals surface area (Å²) >= 11 is 3.40. The number of rotatable bonds is 3. The Balaban J connectivity index is 0.000000628. The summed E-state index contributed by atoms with van der Waals surface area (Å²) in [6, 6.07) is 20.4. The zero-order valence-electron chi connectivity index (χ0n) is 16.3. The molecular formula is C23H16BrN3O4. The summed E-state index contributed by atoms with van der Waals surface area (Å²) in [6.07, 6.45) is 1.56. The minimum atomic E-state index is -0.833. The first-order valence-corrected chi connectivity index (χ1v) is 9.83. The number of carboxylic acid groups (broad SMARTS) is 1. The van der Waals surface area contributed by atoms with Gasteiger partial charge in [0.2, 0.25) is 0 Å². The Morgan fingerprint density at radius 1 is 1.16 bits per heavy atom. The van der Waals surface area contributed by atoms with E-state index >= 15 is 0 Å². The standard InChI is InChI=1S/C21H12BrN3O2.C2H4O2/c22-15-7-5-13(6-8-15)19-10-9-16(27-19)11-14(12-23)20-24-18-4-2-1-3-17(18)21(26)25-20;1-2(3)4/h1-11H,(H,24,25,26);1H3,(H,3,4). The lowest BCUT2D eigenvalue weighted by Gasteiger charge is -2.01. The van der Waals surface area contributed by atoms with Gasteiger partial charge in [-0.25, -0.2) is 4.98 Å². The number of aliphatic carboxylic acids is 1. The summed E-state index contributed by atoms with van der Waals surface area (Å²) in [5.74, 6) is 0.564. The number of aromatic amines is 1. The zero-order valence-corrected chi connectivity index (χ0v) is 17.9. The van der Waals surface area contributed by atoms with Crippen molar-refractivity contribution in [2.24, 2.45) is 0 Å². The second-order valence-electron chi connectivity index (χ2n) is 6.33. The number of para-hydroxylation sites is 1. The second-order valence-corrected chi connectivity index (χ2v) is 7.25. The fourth-order valence-corrected chi connectivity index (χ4v) is 2.97. The Labute approximate surface area is 185 Å². The predicted octanol–water partition coefficient (Wildman–Crippen LogP) is 5.10. The first-order valence-electron chi connectivity index (χ1n) is 9.04. The summed E-state index contributed by atoms with van der Waals surface area (Å²) < 4.78 is 6.80. The molecule has 0 aliphatic heterocycles. The van der Waals surface area contributed by atoms with Crippen molar-refractivity contribution in [3.8, 4) is 17.4 Å². The monoisotopic (exact) mass is 477 g/mol. The van der Waals surface area contributed by atoms with Crippen LogP contribution in [0.4, 0.5) is 0 Å². The topological polar surface area (TPSA) is 120 Å². The number of nitrogens with zero attached hydrogens (tertiary/aromatic N) is 2. The molecule has 4 rings (SSSR count). The van der Waals surface area contributed by atoms with Gasteiger partial charge in [-0.05, 0) is 36.4 Å². The number of hydrogen-bond donors (Lipinski definition) is 2. The average molecular weight is 478 g/mol. The number of nitrogens with one attached hydrogen (secondary N) is 1. The lowest BCUT2D eigenvalue weighted by atomic mass is 10.2. The molecule has 0 amide bonds. The fraction of sp³-hybridized carbons (Fsp3) is 0.0435. The van der Waals surface area contributed by atoms with Gasteiger partial charge in [0, 0.05) is 23.0 Å². The first-order chi connectivity index (χ1) is 14.9. The third-order valence-electron chi connectivity index (χ3n) is 4.03. The predicted molar refractivity (Wildman–Crippen MR) is 121 cm³/mol. The van der Waals surface area contributed by atoms with E-state index in [0.717, 1.165) is 17.0 Å². The highest BCUT2D eigenvalue weighted by Crippen LogP contribution is 2.26. The molecular weight excluding hydrogens is 462 g/mol. The number of carbonyl (C=O) groups is 1. The Morgan fingerprint density at radius 3 is 2.52 bits per heavy atom. The van der Waals surface area contributed by atoms with Crippen LogP contribution in [-0.4, -0.2) is 21.0 Å². The Hall–Kier alpha value is -3.96. The van der Waals surface area contributed by atoms with Crippen LogP contribution < -0.4 is 5.56 Å². The van der Waals surface area contributed by atoms with E-state index in [0.29, 0.717) is 22.4 Å². The van der Waals surface area contributed by atoms with Gasteiger partial charge in [-0.1, -0.05) is 40.2 Å². The van der Waals surface area contributed by atoms with Gasteiger partial charge < -0.3 is 14.5 Å².